The summed E-state index contributed by atoms with van der Waals surface area (Å²) in [6, 6.07) is 6.17. The van der Waals surface area contributed by atoms with Crippen LogP contribution in [-0.4, -0.2) is 18.5 Å². The molecule has 1 aromatic rings. The highest BCUT2D eigenvalue weighted by Gasteiger charge is 2.13. The average molecular weight is 282 g/mol. The van der Waals surface area contributed by atoms with Crippen molar-refractivity contribution in [2.75, 3.05) is 7.11 Å². The number of allylic oxidation sites excluding steroid dienone is 2. The minimum atomic E-state index is 0.309. The minimum Gasteiger partial charge on any atom is -0.496 e. The molecule has 0 saturated carbocycles. The summed E-state index contributed by atoms with van der Waals surface area (Å²) in [5, 5.41) is 0. The zero-order chi connectivity index (χ0) is 15.4. The summed E-state index contributed by atoms with van der Waals surface area (Å²) in [6.07, 6.45) is 5.83. The smallest absolute Gasteiger partial charge is 0.121 e. The lowest BCUT2D eigenvalue weighted by Crippen LogP contribution is -2.20. The summed E-state index contributed by atoms with van der Waals surface area (Å²) < 4.78 is 5.29. The van der Waals surface area contributed by atoms with Gasteiger partial charge in [-0.25, -0.2) is 0 Å². The molecule has 0 saturated heterocycles. The molecule has 0 bridgehead atoms. The fourth-order valence-corrected chi connectivity index (χ4v) is 2.35. The molecule has 3 heteroatoms. The standard InChI is InChI=1S/C18H22N2O/c1-12-8-9-19-15(4)18(12)20-11-14(3)16-6-7-17(21-5)13(2)10-16/h6-12H,1-5H3/b14-11+,20-18+. The highest BCUT2D eigenvalue weighted by molar-refractivity contribution is 6.43. The first kappa shape index (κ1) is 15.2. The van der Waals surface area contributed by atoms with Crippen molar-refractivity contribution in [1.29, 1.82) is 0 Å². The van der Waals surface area contributed by atoms with Crippen molar-refractivity contribution >= 4 is 17.0 Å². The predicted molar refractivity (Wildman–Crippen MR) is 90.2 cm³/mol. The SMILES string of the molecule is COc1ccc(/C(C)=C/N=C2/C(C)=NC=CC2C)cc1C. The Kier molecular flexibility index (Phi) is 4.73. The maximum absolute atomic E-state index is 5.29. The van der Waals surface area contributed by atoms with Crippen LogP contribution in [0, 0.1) is 12.8 Å². The van der Waals surface area contributed by atoms with Gasteiger partial charge < -0.3 is 4.74 Å². The van der Waals surface area contributed by atoms with E-state index in [1.165, 1.54) is 0 Å². The second kappa shape index (κ2) is 6.53. The molecule has 2 rings (SSSR count). The van der Waals surface area contributed by atoms with E-state index < -0.39 is 0 Å². The second-order valence-corrected chi connectivity index (χ2v) is 5.36. The van der Waals surface area contributed by atoms with Crippen LogP contribution in [0.1, 0.15) is 31.9 Å². The molecule has 1 unspecified atom stereocenters. The van der Waals surface area contributed by atoms with Crippen molar-refractivity contribution in [3.05, 3.63) is 47.8 Å². The number of benzene rings is 1. The van der Waals surface area contributed by atoms with Gasteiger partial charge in [0.05, 0.1) is 18.5 Å². The van der Waals surface area contributed by atoms with Crippen molar-refractivity contribution in [3.63, 3.8) is 0 Å². The first-order valence-corrected chi connectivity index (χ1v) is 7.14. The zero-order valence-electron chi connectivity index (χ0n) is 13.3. The van der Waals surface area contributed by atoms with Gasteiger partial charge in [0.15, 0.2) is 0 Å². The van der Waals surface area contributed by atoms with Crippen LogP contribution < -0.4 is 4.74 Å². The molecule has 1 aliphatic rings. The summed E-state index contributed by atoms with van der Waals surface area (Å²) in [5.41, 5.74) is 5.43. The Hall–Kier alpha value is -2.16. The zero-order valence-corrected chi connectivity index (χ0v) is 13.3. The molecule has 0 radical (unpaired) electrons. The molecule has 1 aliphatic heterocycles. The van der Waals surface area contributed by atoms with Gasteiger partial charge in [0.2, 0.25) is 0 Å². The maximum Gasteiger partial charge on any atom is 0.121 e. The average Bonchev–Trinajstić information content (AvgIpc) is 2.46. The van der Waals surface area contributed by atoms with E-state index in [4.69, 9.17) is 4.74 Å². The molecule has 21 heavy (non-hydrogen) atoms. The van der Waals surface area contributed by atoms with E-state index in [1.807, 2.05) is 32.3 Å². The molecule has 1 heterocycles. The van der Waals surface area contributed by atoms with E-state index in [2.05, 4.69) is 42.0 Å². The molecule has 0 aromatic heterocycles. The van der Waals surface area contributed by atoms with Crippen molar-refractivity contribution < 1.29 is 4.74 Å². The Labute approximate surface area is 126 Å². The topological polar surface area (TPSA) is 34.0 Å². The molecular weight excluding hydrogens is 260 g/mol. The molecule has 0 aliphatic carbocycles. The highest BCUT2D eigenvalue weighted by atomic mass is 16.5. The Morgan fingerprint density at radius 3 is 2.71 bits per heavy atom. The van der Waals surface area contributed by atoms with Crippen LogP contribution in [0.3, 0.4) is 0 Å². The predicted octanol–water partition coefficient (Wildman–Crippen LogP) is 4.43. The fraction of sp³-hybridized carbons (Fsp3) is 0.333. The number of methoxy groups -OCH3 is 1. The van der Waals surface area contributed by atoms with Gasteiger partial charge in [0.1, 0.15) is 5.75 Å². The molecule has 0 spiro atoms. The Bertz CT molecular complexity index is 651. The van der Waals surface area contributed by atoms with Gasteiger partial charge in [0, 0.05) is 18.3 Å². The molecule has 0 amide bonds. The normalized spacial score (nSPS) is 20.6. The molecule has 1 atom stereocenters. The van der Waals surface area contributed by atoms with Crippen LogP contribution in [0.15, 0.2) is 46.7 Å². The lowest BCUT2D eigenvalue weighted by molar-refractivity contribution is 0.411. The number of hydrogen-bond acceptors (Lipinski definition) is 3. The van der Waals surface area contributed by atoms with Gasteiger partial charge in [-0.3, -0.25) is 9.98 Å². The van der Waals surface area contributed by atoms with E-state index in [9.17, 15) is 0 Å². The molecular formula is C18H22N2O. The van der Waals surface area contributed by atoms with Gasteiger partial charge in [-0.2, -0.15) is 0 Å². The van der Waals surface area contributed by atoms with E-state index in [-0.39, 0.29) is 0 Å². The van der Waals surface area contributed by atoms with Gasteiger partial charge in [-0.15, -0.1) is 0 Å². The van der Waals surface area contributed by atoms with Gasteiger partial charge in [0.25, 0.3) is 0 Å². The van der Waals surface area contributed by atoms with Crippen LogP contribution in [-0.2, 0) is 0 Å². The molecule has 0 N–H and O–H groups in total. The number of ether oxygens (including phenoxy) is 1. The lowest BCUT2D eigenvalue weighted by atomic mass is 10.00. The molecule has 0 fully saturated rings. The van der Waals surface area contributed by atoms with Crippen LogP contribution in [0.4, 0.5) is 0 Å². The monoisotopic (exact) mass is 282 g/mol. The van der Waals surface area contributed by atoms with E-state index in [0.29, 0.717) is 5.92 Å². The quantitative estimate of drug-likeness (QED) is 0.807. The summed E-state index contributed by atoms with van der Waals surface area (Å²) in [6.45, 7) is 8.25. The first-order valence-electron chi connectivity index (χ1n) is 7.14. The van der Waals surface area contributed by atoms with Crippen LogP contribution in [0.5, 0.6) is 5.75 Å². The summed E-state index contributed by atoms with van der Waals surface area (Å²) >= 11 is 0. The second-order valence-electron chi connectivity index (χ2n) is 5.36. The van der Waals surface area contributed by atoms with E-state index in [1.54, 1.807) is 7.11 Å². The number of hydrogen-bond donors (Lipinski definition) is 0. The van der Waals surface area contributed by atoms with Crippen molar-refractivity contribution in [2.24, 2.45) is 15.9 Å². The van der Waals surface area contributed by atoms with Crippen LogP contribution in [0.2, 0.25) is 0 Å². The summed E-state index contributed by atoms with van der Waals surface area (Å²) in [7, 11) is 1.69. The Balaban J connectivity index is 2.27. The first-order chi connectivity index (χ1) is 10.0. The summed E-state index contributed by atoms with van der Waals surface area (Å²) in [5.74, 6) is 1.22. The largest absolute Gasteiger partial charge is 0.496 e. The van der Waals surface area contributed by atoms with Gasteiger partial charge in [-0.1, -0.05) is 19.1 Å². The number of rotatable bonds is 3. The molecule has 110 valence electrons. The fourth-order valence-electron chi connectivity index (χ4n) is 2.35. The summed E-state index contributed by atoms with van der Waals surface area (Å²) in [4.78, 5) is 8.94. The maximum atomic E-state index is 5.29. The number of aliphatic imine (C=N–C) groups is 2. The third-order valence-corrected chi connectivity index (χ3v) is 3.69. The van der Waals surface area contributed by atoms with Gasteiger partial charge >= 0.3 is 0 Å². The Morgan fingerprint density at radius 2 is 2.10 bits per heavy atom. The van der Waals surface area contributed by atoms with Crippen LogP contribution in [0.25, 0.3) is 5.57 Å². The van der Waals surface area contributed by atoms with Gasteiger partial charge in [-0.05, 0) is 49.6 Å². The minimum absolute atomic E-state index is 0.309. The van der Waals surface area contributed by atoms with Crippen molar-refractivity contribution in [1.82, 2.24) is 0 Å². The van der Waals surface area contributed by atoms with E-state index >= 15 is 0 Å². The third kappa shape index (κ3) is 3.48. The van der Waals surface area contributed by atoms with E-state index in [0.717, 1.165) is 33.9 Å². The lowest BCUT2D eigenvalue weighted by Gasteiger charge is -2.13. The van der Waals surface area contributed by atoms with Crippen molar-refractivity contribution in [3.8, 4) is 5.75 Å². The molecule has 3 nitrogen and oxygen atoms in total. The highest BCUT2D eigenvalue weighted by Crippen LogP contribution is 2.23. The Morgan fingerprint density at radius 1 is 1.33 bits per heavy atom. The van der Waals surface area contributed by atoms with Crippen LogP contribution >= 0.6 is 0 Å². The van der Waals surface area contributed by atoms with Crippen molar-refractivity contribution in [2.45, 2.75) is 27.7 Å². The third-order valence-electron chi connectivity index (χ3n) is 3.69. The molecule has 1 aromatic carbocycles. The number of aryl methyl sites for hydroxylation is 1. The number of nitrogens with zero attached hydrogens (tertiary/aromatic N) is 2.